The minimum Gasteiger partial charge on any atom is -0.489 e. The highest BCUT2D eigenvalue weighted by Crippen LogP contribution is 2.21. The highest BCUT2D eigenvalue weighted by molar-refractivity contribution is 5.64. The Morgan fingerprint density at radius 1 is 1.05 bits per heavy atom. The van der Waals surface area contributed by atoms with Gasteiger partial charge < -0.3 is 14.2 Å². The van der Waals surface area contributed by atoms with E-state index in [-0.39, 0.29) is 0 Å². The van der Waals surface area contributed by atoms with Crippen LogP contribution in [0.1, 0.15) is 18.1 Å². The number of hydrogen-bond acceptors (Lipinski definition) is 4. The van der Waals surface area contributed by atoms with Crippen LogP contribution in [0.25, 0.3) is 0 Å². The van der Waals surface area contributed by atoms with Gasteiger partial charge in [0.15, 0.2) is 0 Å². The molecule has 0 aliphatic carbocycles. The van der Waals surface area contributed by atoms with Crippen LogP contribution in [-0.4, -0.2) is 13.3 Å². The molecule has 21 heavy (non-hydrogen) atoms. The van der Waals surface area contributed by atoms with Gasteiger partial charge in [-0.2, -0.15) is 0 Å². The SMILES string of the molecule is CCc1ccc(OCc2ccccc2OC(=O)OC)cc1. The molecule has 0 saturated carbocycles. The standard InChI is InChI=1S/C17H18O4/c1-3-13-8-10-15(11-9-13)20-12-14-6-4-5-7-16(14)21-17(18)19-2/h4-11H,3,12H2,1-2H3. The van der Waals surface area contributed by atoms with Crippen molar-refractivity contribution in [3.63, 3.8) is 0 Å². The first-order valence-electron chi connectivity index (χ1n) is 6.78. The van der Waals surface area contributed by atoms with Crippen LogP contribution in [0.2, 0.25) is 0 Å². The summed E-state index contributed by atoms with van der Waals surface area (Å²) in [6.45, 7) is 2.43. The van der Waals surface area contributed by atoms with Gasteiger partial charge in [-0.25, -0.2) is 4.79 Å². The minimum atomic E-state index is -0.741. The fraction of sp³-hybridized carbons (Fsp3) is 0.235. The molecular weight excluding hydrogens is 268 g/mol. The predicted molar refractivity (Wildman–Crippen MR) is 79.6 cm³/mol. The predicted octanol–water partition coefficient (Wildman–Crippen LogP) is 3.97. The first-order chi connectivity index (χ1) is 10.2. The van der Waals surface area contributed by atoms with Crippen LogP contribution in [0.5, 0.6) is 11.5 Å². The topological polar surface area (TPSA) is 44.8 Å². The maximum absolute atomic E-state index is 11.2. The van der Waals surface area contributed by atoms with Crippen LogP contribution < -0.4 is 9.47 Å². The fourth-order valence-electron chi connectivity index (χ4n) is 1.84. The van der Waals surface area contributed by atoms with Crippen molar-refractivity contribution in [2.45, 2.75) is 20.0 Å². The van der Waals surface area contributed by atoms with E-state index < -0.39 is 6.16 Å². The normalized spacial score (nSPS) is 10.0. The van der Waals surface area contributed by atoms with Gasteiger partial charge in [-0.1, -0.05) is 37.3 Å². The molecule has 2 aromatic carbocycles. The second kappa shape index (κ2) is 7.33. The molecule has 0 saturated heterocycles. The average molecular weight is 286 g/mol. The molecular formula is C17H18O4. The number of benzene rings is 2. The Morgan fingerprint density at radius 3 is 2.43 bits per heavy atom. The lowest BCUT2D eigenvalue weighted by atomic mass is 10.2. The van der Waals surface area contributed by atoms with Crippen molar-refractivity contribution in [2.24, 2.45) is 0 Å². The zero-order valence-electron chi connectivity index (χ0n) is 12.2. The van der Waals surface area contributed by atoms with Crippen LogP contribution >= 0.6 is 0 Å². The van der Waals surface area contributed by atoms with Gasteiger partial charge in [0.2, 0.25) is 0 Å². The van der Waals surface area contributed by atoms with Crippen molar-refractivity contribution < 1.29 is 19.0 Å². The van der Waals surface area contributed by atoms with E-state index >= 15 is 0 Å². The second-order valence-electron chi connectivity index (χ2n) is 4.45. The van der Waals surface area contributed by atoms with Crippen LogP contribution in [0, 0.1) is 0 Å². The molecule has 2 aromatic rings. The van der Waals surface area contributed by atoms with Crippen molar-refractivity contribution in [3.8, 4) is 11.5 Å². The number of aryl methyl sites for hydroxylation is 1. The summed E-state index contributed by atoms with van der Waals surface area (Å²) in [6, 6.07) is 15.1. The van der Waals surface area contributed by atoms with Gasteiger partial charge in [0, 0.05) is 5.56 Å². The first kappa shape index (κ1) is 14.9. The van der Waals surface area contributed by atoms with E-state index in [1.54, 1.807) is 12.1 Å². The van der Waals surface area contributed by atoms with Gasteiger partial charge in [0.05, 0.1) is 7.11 Å². The molecule has 0 heterocycles. The summed E-state index contributed by atoms with van der Waals surface area (Å²) in [4.78, 5) is 11.2. The van der Waals surface area contributed by atoms with Gasteiger partial charge in [-0.05, 0) is 30.2 Å². The number of hydrogen-bond donors (Lipinski definition) is 0. The fourth-order valence-corrected chi connectivity index (χ4v) is 1.84. The Balaban J connectivity index is 2.03. The third-order valence-corrected chi connectivity index (χ3v) is 3.06. The van der Waals surface area contributed by atoms with Gasteiger partial charge >= 0.3 is 6.16 Å². The molecule has 0 aliphatic rings. The Bertz CT molecular complexity index is 590. The molecule has 0 bridgehead atoms. The Morgan fingerprint density at radius 2 is 1.76 bits per heavy atom. The second-order valence-corrected chi connectivity index (χ2v) is 4.45. The smallest absolute Gasteiger partial charge is 0.489 e. The molecule has 0 amide bonds. The summed E-state index contributed by atoms with van der Waals surface area (Å²) in [5.74, 6) is 1.22. The molecule has 0 radical (unpaired) electrons. The van der Waals surface area contributed by atoms with Crippen molar-refractivity contribution in [1.82, 2.24) is 0 Å². The molecule has 0 spiro atoms. The molecule has 0 fully saturated rings. The molecule has 110 valence electrons. The lowest BCUT2D eigenvalue weighted by Crippen LogP contribution is -2.09. The van der Waals surface area contributed by atoms with Crippen molar-refractivity contribution in [3.05, 3.63) is 59.7 Å². The van der Waals surface area contributed by atoms with E-state index in [4.69, 9.17) is 9.47 Å². The summed E-state index contributed by atoms with van der Waals surface area (Å²) in [5, 5.41) is 0. The van der Waals surface area contributed by atoms with Crippen LogP contribution in [-0.2, 0) is 17.8 Å². The Hall–Kier alpha value is -2.49. The maximum atomic E-state index is 11.2. The van der Waals surface area contributed by atoms with Gasteiger partial charge in [0.25, 0.3) is 0 Å². The number of rotatable bonds is 5. The minimum absolute atomic E-state index is 0.318. The largest absolute Gasteiger partial charge is 0.513 e. The zero-order valence-corrected chi connectivity index (χ0v) is 12.2. The third-order valence-electron chi connectivity index (χ3n) is 3.06. The number of methoxy groups -OCH3 is 1. The van der Waals surface area contributed by atoms with E-state index in [2.05, 4.69) is 11.7 Å². The molecule has 0 atom stereocenters. The molecule has 0 aliphatic heterocycles. The lowest BCUT2D eigenvalue weighted by Gasteiger charge is -2.11. The van der Waals surface area contributed by atoms with Crippen molar-refractivity contribution in [2.75, 3.05) is 7.11 Å². The van der Waals surface area contributed by atoms with E-state index in [9.17, 15) is 4.79 Å². The quantitative estimate of drug-likeness (QED) is 0.616. The number of ether oxygens (including phenoxy) is 3. The summed E-state index contributed by atoms with van der Waals surface area (Å²) >= 11 is 0. The van der Waals surface area contributed by atoms with Crippen molar-refractivity contribution >= 4 is 6.16 Å². The summed E-state index contributed by atoms with van der Waals surface area (Å²) in [7, 11) is 1.27. The molecule has 4 nitrogen and oxygen atoms in total. The van der Waals surface area contributed by atoms with Gasteiger partial charge in [0.1, 0.15) is 18.1 Å². The monoisotopic (exact) mass is 286 g/mol. The average Bonchev–Trinajstić information content (AvgIpc) is 2.54. The molecule has 0 unspecified atom stereocenters. The zero-order chi connectivity index (χ0) is 15.1. The highest BCUT2D eigenvalue weighted by atomic mass is 16.7. The summed E-state index contributed by atoms with van der Waals surface area (Å²) < 4.78 is 15.3. The van der Waals surface area contributed by atoms with E-state index in [1.165, 1.54) is 12.7 Å². The van der Waals surface area contributed by atoms with Crippen LogP contribution in [0.3, 0.4) is 0 Å². The third kappa shape index (κ3) is 4.24. The Kier molecular flexibility index (Phi) is 5.21. The lowest BCUT2D eigenvalue weighted by molar-refractivity contribution is 0.120. The van der Waals surface area contributed by atoms with E-state index in [1.807, 2.05) is 36.4 Å². The van der Waals surface area contributed by atoms with Crippen molar-refractivity contribution in [1.29, 1.82) is 0 Å². The molecule has 0 aromatic heterocycles. The molecule has 4 heteroatoms. The number of carbonyl (C=O) groups is 1. The first-order valence-corrected chi connectivity index (χ1v) is 6.78. The molecule has 2 rings (SSSR count). The number of carbonyl (C=O) groups excluding carboxylic acids is 1. The summed E-state index contributed by atoms with van der Waals surface area (Å²) in [6.07, 6.45) is 0.255. The van der Waals surface area contributed by atoms with Gasteiger partial charge in [-0.3, -0.25) is 0 Å². The highest BCUT2D eigenvalue weighted by Gasteiger charge is 2.09. The van der Waals surface area contributed by atoms with Crippen LogP contribution in [0.4, 0.5) is 4.79 Å². The van der Waals surface area contributed by atoms with Gasteiger partial charge in [-0.15, -0.1) is 0 Å². The number of para-hydroxylation sites is 1. The van der Waals surface area contributed by atoms with E-state index in [0.717, 1.165) is 17.7 Å². The van der Waals surface area contributed by atoms with E-state index in [0.29, 0.717) is 12.4 Å². The molecule has 0 N–H and O–H groups in total. The van der Waals surface area contributed by atoms with Crippen LogP contribution in [0.15, 0.2) is 48.5 Å². The Labute approximate surface area is 124 Å². The summed E-state index contributed by atoms with van der Waals surface area (Å²) in [5.41, 5.74) is 2.04. The maximum Gasteiger partial charge on any atom is 0.513 e.